The first-order valence-corrected chi connectivity index (χ1v) is 27.9. The molecule has 13 rings (SSSR count). The molecule has 7 bridgehead atoms. The molecule has 73 heavy (non-hydrogen) atoms. The largest absolute Gasteiger partial charge is 0.481 e. The number of aliphatic carboxylic acids is 2. The number of aromatic amines is 1. The van der Waals surface area contributed by atoms with Gasteiger partial charge in [0, 0.05) is 54.3 Å². The zero-order chi connectivity index (χ0) is 51.5. The van der Waals surface area contributed by atoms with Gasteiger partial charge in [-0.25, -0.2) is 4.79 Å². The average molecular weight is 1010 g/mol. The van der Waals surface area contributed by atoms with Crippen molar-refractivity contribution in [2.75, 3.05) is 20.3 Å². The second-order valence-electron chi connectivity index (χ2n) is 26.8. The first-order chi connectivity index (χ1) is 34.7. The van der Waals surface area contributed by atoms with Crippen molar-refractivity contribution in [1.29, 1.82) is 0 Å². The van der Waals surface area contributed by atoms with Crippen LogP contribution in [0.3, 0.4) is 0 Å². The van der Waals surface area contributed by atoms with Gasteiger partial charge >= 0.3 is 11.9 Å². The van der Waals surface area contributed by atoms with Crippen LogP contribution in [0.15, 0.2) is 60.0 Å². The molecule has 14 nitrogen and oxygen atoms in total. The second-order valence-corrected chi connectivity index (χ2v) is 26.8. The van der Waals surface area contributed by atoms with E-state index < -0.39 is 109 Å². The number of aliphatic hydroxyl groups is 4. The van der Waals surface area contributed by atoms with Gasteiger partial charge in [-0.2, -0.15) is 0 Å². The van der Waals surface area contributed by atoms with Crippen molar-refractivity contribution in [2.45, 2.75) is 167 Å². The molecule has 3 spiro atoms. The van der Waals surface area contributed by atoms with Crippen LogP contribution in [-0.4, -0.2) is 117 Å². The van der Waals surface area contributed by atoms with Crippen LogP contribution in [0.2, 0.25) is 0 Å². The molecule has 2 saturated heterocycles. The lowest BCUT2D eigenvalue weighted by Gasteiger charge is -2.90. The number of aryl methyl sites for hydroxylation is 2. The maximum absolute atomic E-state index is 16.8. The Bertz CT molecular complexity index is 2690. The molecular weight excluding hydrogens is 929 g/mol. The molecule has 0 radical (unpaired) electrons. The summed E-state index contributed by atoms with van der Waals surface area (Å²) in [6, 6.07) is -0.463. The number of ether oxygens (including phenoxy) is 3. The predicted octanol–water partition coefficient (Wildman–Crippen LogP) is 6.43. The number of allylic oxidation sites excluding steroid dienone is 5. The summed E-state index contributed by atoms with van der Waals surface area (Å²) >= 11 is 0. The van der Waals surface area contributed by atoms with Gasteiger partial charge in [0.2, 0.25) is 5.91 Å². The fraction of sp³-hybridized carbons (Fsp3) is 0.746. The fourth-order valence-corrected chi connectivity index (χ4v) is 23.0. The van der Waals surface area contributed by atoms with E-state index in [0.29, 0.717) is 45.1 Å². The lowest BCUT2D eigenvalue weighted by atomic mass is 9.12. The van der Waals surface area contributed by atoms with Gasteiger partial charge < -0.3 is 55.2 Å². The standard InChI is InChI=1S/C59H78N2O12/c1-7-31-28-60-29-32(31)11-18-58-38-24-36-22-33(10-8-21-62)56-26-35-13-17-53(58,27-40(50(38,2)3)72-46-43(65)41(63)42(64)44(73-46)45(66)67)16-12-34-23-39-55-15-9-14-51(4,47(55)61-48(56)68)25-37(30-71-6)54(55,49(69)70)19-20-57(39,56)52(36,5)59(34,35)58/h9,13,15,17,23,26,28-29,33-34,36-38,40-44,46-47,60,62-65H,7-8,10-12,14,16,18-22,24-25,27,30H2,1-6H3,(H,61,68)(H,66,67)(H,69,70)/t33-,34-,36+,37-,38+,40+,41+,42+,43-,44+,46-,47-,51+,52+,53+,54+,55-,56-,57+,58-,59-/m1/s1. The van der Waals surface area contributed by atoms with Crippen LogP contribution in [0.25, 0.3) is 0 Å². The molecule has 8 fully saturated rings. The Kier molecular flexibility index (Phi) is 10.3. The highest BCUT2D eigenvalue weighted by Gasteiger charge is 2.94. The lowest BCUT2D eigenvalue weighted by Crippen LogP contribution is -2.87. The highest BCUT2D eigenvalue weighted by atomic mass is 16.7. The van der Waals surface area contributed by atoms with E-state index >= 15 is 4.79 Å². The van der Waals surface area contributed by atoms with Gasteiger partial charge in [-0.15, -0.1) is 0 Å². The first kappa shape index (κ1) is 49.0. The van der Waals surface area contributed by atoms with Crippen LogP contribution >= 0.6 is 0 Å². The third-order valence-corrected chi connectivity index (χ3v) is 25.1. The average Bonchev–Trinajstić information content (AvgIpc) is 3.96. The number of aromatic nitrogens is 1. The fourth-order valence-electron chi connectivity index (χ4n) is 23.0. The number of aliphatic hydroxyl groups excluding tert-OH is 4. The number of rotatable bonds is 13. The molecule has 2 aliphatic heterocycles. The van der Waals surface area contributed by atoms with Gasteiger partial charge in [-0.05, 0) is 157 Å². The number of hydrogen-bond donors (Lipinski definition) is 8. The maximum atomic E-state index is 16.8. The zero-order valence-corrected chi connectivity index (χ0v) is 43.5. The Hall–Kier alpha value is -3.63. The van der Waals surface area contributed by atoms with Crippen molar-refractivity contribution >= 4 is 17.8 Å². The molecular formula is C59H78N2O12. The quantitative estimate of drug-likeness (QED) is 0.0791. The first-order valence-electron chi connectivity index (χ1n) is 27.9. The van der Waals surface area contributed by atoms with Crippen LogP contribution < -0.4 is 5.32 Å². The molecule has 8 N–H and O–H groups in total. The predicted molar refractivity (Wildman–Crippen MR) is 266 cm³/mol. The summed E-state index contributed by atoms with van der Waals surface area (Å²) in [7, 11) is 1.69. The SMILES string of the molecule is CCc1c[nH]cc1CC[C@@]12[C@H]3C[C@@H]4C[C@@H](CCCO)[C@@]56C=C7C=C[C@@]1(CC[C@@H]1C=C8[C@@]5(CC[C@@]5(C(=O)O)[C@@H](COC)C[C@]9(C)CC=C[C@]85[C@@H]9NC6=O)[C@@]4(C)[C@]712)C[C@H](O[C@@H]1O[C@H](C(=O)O)[C@@H](O)[C@H](O)[C@H]1O)C3(C)C. The molecule has 14 heteroatoms. The summed E-state index contributed by atoms with van der Waals surface area (Å²) in [6.45, 7) is 12.0. The number of carboxylic acids is 2. The Morgan fingerprint density at radius 3 is 2.44 bits per heavy atom. The smallest absolute Gasteiger partial charge is 0.335 e. The molecule has 396 valence electrons. The van der Waals surface area contributed by atoms with Crippen LogP contribution in [0.4, 0.5) is 0 Å². The van der Waals surface area contributed by atoms with Crippen molar-refractivity contribution in [3.8, 4) is 0 Å². The van der Waals surface area contributed by atoms with Crippen molar-refractivity contribution in [3.63, 3.8) is 0 Å². The van der Waals surface area contributed by atoms with Crippen LogP contribution in [-0.2, 0) is 41.4 Å². The summed E-state index contributed by atoms with van der Waals surface area (Å²) in [5.41, 5.74) is -2.24. The van der Waals surface area contributed by atoms with E-state index in [0.717, 1.165) is 51.4 Å². The molecule has 3 heterocycles. The Labute approximate surface area is 428 Å². The number of carbonyl (C=O) groups excluding carboxylic acids is 1. The van der Waals surface area contributed by atoms with Crippen LogP contribution in [0.1, 0.15) is 123 Å². The number of amides is 1. The van der Waals surface area contributed by atoms with Gasteiger partial charge in [0.25, 0.3) is 0 Å². The van der Waals surface area contributed by atoms with Crippen molar-refractivity contribution in [1.82, 2.24) is 10.3 Å². The van der Waals surface area contributed by atoms with Gasteiger partial charge in [0.15, 0.2) is 12.4 Å². The number of nitrogens with one attached hydrogen (secondary N) is 2. The lowest BCUT2D eigenvalue weighted by molar-refractivity contribution is -0.385. The zero-order valence-electron chi connectivity index (χ0n) is 43.5. The minimum Gasteiger partial charge on any atom is -0.481 e. The Morgan fingerprint density at radius 2 is 1.71 bits per heavy atom. The summed E-state index contributed by atoms with van der Waals surface area (Å²) in [4.78, 5) is 47.7. The number of hydrogen-bond acceptors (Lipinski definition) is 10. The summed E-state index contributed by atoms with van der Waals surface area (Å²) < 4.78 is 19.0. The highest BCUT2D eigenvalue weighted by molar-refractivity contribution is 5.93. The van der Waals surface area contributed by atoms with Gasteiger partial charge in [0.05, 0.1) is 23.5 Å². The third-order valence-electron chi connectivity index (χ3n) is 25.1. The second kappa shape index (κ2) is 15.3. The van der Waals surface area contributed by atoms with Gasteiger partial charge in [0.1, 0.15) is 18.3 Å². The number of carbonyl (C=O) groups is 3. The van der Waals surface area contributed by atoms with Crippen molar-refractivity contribution < 1.29 is 59.2 Å². The van der Waals surface area contributed by atoms with E-state index in [1.807, 2.05) is 0 Å². The Morgan fingerprint density at radius 1 is 0.932 bits per heavy atom. The molecule has 0 aromatic carbocycles. The Balaban J connectivity index is 1.11. The van der Waals surface area contributed by atoms with E-state index in [2.05, 4.69) is 93.8 Å². The van der Waals surface area contributed by atoms with Crippen molar-refractivity contribution in [3.05, 3.63) is 71.1 Å². The topological polar surface area (TPSA) is 228 Å². The minimum absolute atomic E-state index is 0.00866. The van der Waals surface area contributed by atoms with E-state index in [1.54, 1.807) is 7.11 Å². The summed E-state index contributed by atoms with van der Waals surface area (Å²) in [5.74, 6) is -2.69. The monoisotopic (exact) mass is 1010 g/mol. The number of H-pyrrole nitrogens is 1. The van der Waals surface area contributed by atoms with E-state index in [4.69, 9.17) is 14.2 Å². The summed E-state index contributed by atoms with van der Waals surface area (Å²) in [5, 5.41) is 70.4. The number of carboxylic acid groups (broad SMARTS) is 2. The van der Waals surface area contributed by atoms with E-state index in [9.17, 15) is 40.2 Å². The molecule has 12 aliphatic rings. The molecule has 21 atom stereocenters. The minimum atomic E-state index is -1.85. The van der Waals surface area contributed by atoms with Gasteiger partial charge in [-0.1, -0.05) is 76.6 Å². The van der Waals surface area contributed by atoms with Gasteiger partial charge in [-0.3, -0.25) is 9.59 Å². The van der Waals surface area contributed by atoms with Crippen LogP contribution in [0, 0.1) is 83.7 Å². The molecule has 1 amide bonds. The maximum Gasteiger partial charge on any atom is 0.335 e. The molecule has 6 saturated carbocycles. The van der Waals surface area contributed by atoms with E-state index in [-0.39, 0.29) is 42.1 Å². The van der Waals surface area contributed by atoms with Crippen LogP contribution in [0.5, 0.6) is 0 Å². The molecule has 0 unspecified atom stereocenters. The van der Waals surface area contributed by atoms with Crippen molar-refractivity contribution in [2.24, 2.45) is 83.7 Å². The van der Waals surface area contributed by atoms with E-state index in [1.165, 1.54) is 22.3 Å². The number of methoxy groups -OCH3 is 1. The third kappa shape index (κ3) is 5.00. The highest BCUT2D eigenvalue weighted by Crippen LogP contribution is 2.97. The molecule has 10 aliphatic carbocycles. The molecule has 1 aromatic rings. The normalized spacial score (nSPS) is 52.4. The molecule has 1 aromatic heterocycles. The summed E-state index contributed by atoms with van der Waals surface area (Å²) in [6.07, 6.45) is 19.3.